The summed E-state index contributed by atoms with van der Waals surface area (Å²) in [6.07, 6.45) is 0.354. The second-order valence-electron chi connectivity index (χ2n) is 6.80. The van der Waals surface area contributed by atoms with Crippen LogP contribution >= 0.6 is 0 Å². The molecule has 9 heteroatoms. The Bertz CT molecular complexity index is 648. The smallest absolute Gasteiger partial charge is 0.326 e. The highest BCUT2D eigenvalue weighted by atomic mass is 16.4. The van der Waals surface area contributed by atoms with Crippen LogP contribution in [0.1, 0.15) is 25.8 Å². The third-order valence-electron chi connectivity index (χ3n) is 3.92. The van der Waals surface area contributed by atoms with Crippen molar-refractivity contribution in [3.8, 4) is 5.75 Å². The van der Waals surface area contributed by atoms with E-state index in [0.717, 1.165) is 0 Å². The first-order valence-electron chi connectivity index (χ1n) is 8.71. The number of aromatic hydroxyl groups is 1. The Morgan fingerprint density at radius 3 is 2.07 bits per heavy atom. The highest BCUT2D eigenvalue weighted by Crippen LogP contribution is 2.12. The number of rotatable bonds is 10. The van der Waals surface area contributed by atoms with Crippen LogP contribution in [0, 0.1) is 5.92 Å². The van der Waals surface area contributed by atoms with E-state index in [9.17, 15) is 24.6 Å². The lowest BCUT2D eigenvalue weighted by molar-refractivity contribution is -0.142. The second-order valence-corrected chi connectivity index (χ2v) is 6.80. The predicted octanol–water partition coefficient (Wildman–Crippen LogP) is -0.679. The lowest BCUT2D eigenvalue weighted by Crippen LogP contribution is -2.56. The van der Waals surface area contributed by atoms with Gasteiger partial charge >= 0.3 is 5.97 Å². The number of carbonyl (C=O) groups is 3. The quantitative estimate of drug-likeness (QED) is 0.312. The topological polar surface area (TPSA) is 168 Å². The molecule has 0 saturated carbocycles. The first kappa shape index (κ1) is 22.4. The number of benzene rings is 1. The predicted molar refractivity (Wildman–Crippen MR) is 99.8 cm³/mol. The Hall–Kier alpha value is -2.65. The molecule has 3 atom stereocenters. The monoisotopic (exact) mass is 380 g/mol. The Morgan fingerprint density at radius 1 is 1.04 bits per heavy atom. The minimum atomic E-state index is -1.15. The van der Waals surface area contributed by atoms with Crippen LogP contribution in [-0.4, -0.2) is 52.7 Å². The number of amides is 2. The molecule has 9 nitrogen and oxygen atoms in total. The van der Waals surface area contributed by atoms with Gasteiger partial charge in [0, 0.05) is 13.0 Å². The van der Waals surface area contributed by atoms with E-state index in [4.69, 9.17) is 11.5 Å². The maximum Gasteiger partial charge on any atom is 0.326 e. The van der Waals surface area contributed by atoms with Gasteiger partial charge < -0.3 is 32.3 Å². The first-order chi connectivity index (χ1) is 12.6. The number of nitrogens with one attached hydrogen (secondary N) is 2. The second kappa shape index (κ2) is 10.5. The fourth-order valence-corrected chi connectivity index (χ4v) is 2.43. The third kappa shape index (κ3) is 7.63. The number of phenols is 1. The van der Waals surface area contributed by atoms with Gasteiger partial charge in [-0.25, -0.2) is 4.79 Å². The molecule has 27 heavy (non-hydrogen) atoms. The molecule has 1 aromatic rings. The molecule has 8 N–H and O–H groups in total. The standard InChI is InChI=1S/C18H28N4O5/c1-10(2)7-15(18(26)27)22-17(25)14(21-16(24)13(20)9-19)8-11-3-5-12(23)6-4-11/h3-6,10,13-15,23H,7-9,19-20H2,1-2H3,(H,21,24)(H,22,25)(H,26,27)/t13-,14-,15-/m0/s1. The van der Waals surface area contributed by atoms with Crippen LogP contribution in [0.3, 0.4) is 0 Å². The lowest BCUT2D eigenvalue weighted by atomic mass is 10.0. The number of phenolic OH excluding ortho intramolecular Hbond substituents is 1. The van der Waals surface area contributed by atoms with Gasteiger partial charge in [0.05, 0.1) is 6.04 Å². The number of carbonyl (C=O) groups excluding carboxylic acids is 2. The van der Waals surface area contributed by atoms with E-state index in [1.165, 1.54) is 12.1 Å². The zero-order valence-electron chi connectivity index (χ0n) is 15.5. The summed E-state index contributed by atoms with van der Waals surface area (Å²) in [5.74, 6) is -2.26. The van der Waals surface area contributed by atoms with Crippen molar-refractivity contribution >= 4 is 17.8 Å². The van der Waals surface area contributed by atoms with Crippen LogP contribution in [0.15, 0.2) is 24.3 Å². The van der Waals surface area contributed by atoms with Crippen LogP contribution in [0.5, 0.6) is 5.75 Å². The van der Waals surface area contributed by atoms with Crippen molar-refractivity contribution < 1.29 is 24.6 Å². The van der Waals surface area contributed by atoms with Gasteiger partial charge in [0.2, 0.25) is 11.8 Å². The van der Waals surface area contributed by atoms with Gasteiger partial charge in [-0.1, -0.05) is 26.0 Å². The van der Waals surface area contributed by atoms with Crippen LogP contribution < -0.4 is 22.1 Å². The molecular weight excluding hydrogens is 352 g/mol. The number of hydrogen-bond donors (Lipinski definition) is 6. The van der Waals surface area contributed by atoms with E-state index in [1.54, 1.807) is 12.1 Å². The van der Waals surface area contributed by atoms with E-state index in [2.05, 4.69) is 10.6 Å². The molecule has 0 bridgehead atoms. The largest absolute Gasteiger partial charge is 0.508 e. The summed E-state index contributed by atoms with van der Waals surface area (Å²) >= 11 is 0. The molecule has 0 radical (unpaired) electrons. The van der Waals surface area contributed by atoms with Crippen molar-refractivity contribution in [2.24, 2.45) is 17.4 Å². The highest BCUT2D eigenvalue weighted by Gasteiger charge is 2.28. The summed E-state index contributed by atoms with van der Waals surface area (Å²) < 4.78 is 0. The summed E-state index contributed by atoms with van der Waals surface area (Å²) in [6.45, 7) is 3.60. The SMILES string of the molecule is CC(C)C[C@H](NC(=O)[C@H](Cc1ccc(O)cc1)NC(=O)[C@@H](N)CN)C(=O)O. The number of carboxylic acids is 1. The molecule has 2 amide bonds. The molecule has 0 unspecified atom stereocenters. The molecule has 150 valence electrons. The average Bonchev–Trinajstić information content (AvgIpc) is 2.60. The summed E-state index contributed by atoms with van der Waals surface area (Å²) in [7, 11) is 0. The Labute approximate surface area is 158 Å². The van der Waals surface area contributed by atoms with Crippen LogP contribution in [0.25, 0.3) is 0 Å². The number of carboxylic acid groups (broad SMARTS) is 1. The highest BCUT2D eigenvalue weighted by molar-refractivity contribution is 5.92. The third-order valence-corrected chi connectivity index (χ3v) is 3.92. The number of aliphatic carboxylic acids is 1. The Balaban J connectivity index is 2.96. The van der Waals surface area contributed by atoms with Gasteiger partial charge in [0.1, 0.15) is 17.8 Å². The van der Waals surface area contributed by atoms with Crippen molar-refractivity contribution in [3.63, 3.8) is 0 Å². The molecule has 0 aliphatic rings. The van der Waals surface area contributed by atoms with Crippen molar-refractivity contribution in [2.75, 3.05) is 6.54 Å². The van der Waals surface area contributed by atoms with Gasteiger partial charge in [-0.15, -0.1) is 0 Å². The first-order valence-corrected chi connectivity index (χ1v) is 8.71. The molecule has 0 aromatic heterocycles. The summed E-state index contributed by atoms with van der Waals surface area (Å²) in [4.78, 5) is 36.1. The molecule has 0 fully saturated rings. The zero-order valence-corrected chi connectivity index (χ0v) is 15.5. The summed E-state index contributed by atoms with van der Waals surface area (Å²) in [5, 5.41) is 23.7. The molecule has 0 aliphatic carbocycles. The average molecular weight is 380 g/mol. The van der Waals surface area contributed by atoms with Crippen molar-refractivity contribution in [1.82, 2.24) is 10.6 Å². The van der Waals surface area contributed by atoms with Gasteiger partial charge in [0.25, 0.3) is 0 Å². The van der Waals surface area contributed by atoms with E-state index < -0.39 is 35.9 Å². The molecule has 1 rings (SSSR count). The summed E-state index contributed by atoms with van der Waals surface area (Å²) in [5.41, 5.74) is 11.6. The Morgan fingerprint density at radius 2 is 1.59 bits per heavy atom. The van der Waals surface area contributed by atoms with E-state index >= 15 is 0 Å². The molecule has 1 aromatic carbocycles. The lowest BCUT2D eigenvalue weighted by Gasteiger charge is -2.23. The fraction of sp³-hybridized carbons (Fsp3) is 0.500. The molecule has 0 heterocycles. The van der Waals surface area contributed by atoms with Crippen LogP contribution in [0.4, 0.5) is 0 Å². The van der Waals surface area contributed by atoms with Gasteiger partial charge in [-0.3, -0.25) is 9.59 Å². The van der Waals surface area contributed by atoms with Crippen molar-refractivity contribution in [1.29, 1.82) is 0 Å². The molecule has 0 spiro atoms. The van der Waals surface area contributed by atoms with Gasteiger partial charge in [-0.2, -0.15) is 0 Å². The van der Waals surface area contributed by atoms with Gasteiger partial charge in [0.15, 0.2) is 0 Å². The minimum absolute atomic E-state index is 0.0576. The van der Waals surface area contributed by atoms with E-state index in [0.29, 0.717) is 5.56 Å². The normalized spacial score (nSPS) is 14.3. The fourth-order valence-electron chi connectivity index (χ4n) is 2.43. The van der Waals surface area contributed by atoms with E-state index in [-0.39, 0.29) is 31.1 Å². The van der Waals surface area contributed by atoms with Crippen LogP contribution in [0.2, 0.25) is 0 Å². The molecular formula is C18H28N4O5. The molecule has 0 saturated heterocycles. The molecule has 0 aliphatic heterocycles. The summed E-state index contributed by atoms with van der Waals surface area (Å²) in [6, 6.07) is 3.04. The maximum absolute atomic E-state index is 12.6. The van der Waals surface area contributed by atoms with Crippen LogP contribution in [-0.2, 0) is 20.8 Å². The van der Waals surface area contributed by atoms with Gasteiger partial charge in [-0.05, 0) is 30.0 Å². The minimum Gasteiger partial charge on any atom is -0.508 e. The van der Waals surface area contributed by atoms with Crippen molar-refractivity contribution in [3.05, 3.63) is 29.8 Å². The Kier molecular flexibility index (Phi) is 8.70. The maximum atomic E-state index is 12.6. The van der Waals surface area contributed by atoms with E-state index in [1.807, 2.05) is 13.8 Å². The van der Waals surface area contributed by atoms with Crippen molar-refractivity contribution in [2.45, 2.75) is 44.8 Å². The number of nitrogens with two attached hydrogens (primary N) is 2. The zero-order chi connectivity index (χ0) is 20.6. The number of hydrogen-bond acceptors (Lipinski definition) is 6.